The Morgan fingerprint density at radius 2 is 1.21 bits per heavy atom. The second-order valence-electron chi connectivity index (χ2n) is 10.2. The van der Waals surface area contributed by atoms with Crippen molar-refractivity contribution in [2.24, 2.45) is 10.8 Å². The van der Waals surface area contributed by atoms with Crippen LogP contribution in [0, 0.1) is 10.8 Å². The quantitative estimate of drug-likeness (QED) is 0.519. The summed E-state index contributed by atoms with van der Waals surface area (Å²) in [4.78, 5) is 24.5. The Bertz CT molecular complexity index is 975. The van der Waals surface area contributed by atoms with Gasteiger partial charge in [-0.25, -0.2) is 9.59 Å². The molecule has 7 heteroatoms. The summed E-state index contributed by atoms with van der Waals surface area (Å²) in [6.45, 7) is 11.9. The molecule has 0 aliphatic carbocycles. The highest BCUT2D eigenvalue weighted by Gasteiger charge is 2.48. The normalized spacial score (nSPS) is 24.9. The molecule has 0 radical (unpaired) electrons. The zero-order valence-corrected chi connectivity index (χ0v) is 21.4. The third kappa shape index (κ3) is 8.08. The lowest BCUT2D eigenvalue weighted by Crippen LogP contribution is -2.61. The number of carbonyl (C=O) groups is 2. The number of fused-ring (bicyclic) bond motifs is 2. The molecule has 2 aromatic carbocycles. The first kappa shape index (κ1) is 26.1. The Hall–Kier alpha value is -2.48. The molecule has 0 saturated carbocycles. The topological polar surface area (TPSA) is 81.1 Å². The summed E-state index contributed by atoms with van der Waals surface area (Å²) in [5, 5.41) is 15.6. The minimum Gasteiger partial charge on any atom is -0.478 e. The summed E-state index contributed by atoms with van der Waals surface area (Å²) in [5.41, 5.74) is 3.62. The van der Waals surface area contributed by atoms with Gasteiger partial charge in [0.1, 0.15) is 0 Å². The zero-order valence-electron chi connectivity index (χ0n) is 19.8. The predicted octanol–water partition coefficient (Wildman–Crippen LogP) is 4.90. The van der Waals surface area contributed by atoms with Gasteiger partial charge in [0.05, 0.1) is 0 Å². The average Bonchev–Trinajstić information content (AvgIpc) is 2.73. The van der Waals surface area contributed by atoms with Crippen LogP contribution in [0.15, 0.2) is 71.2 Å². The van der Waals surface area contributed by atoms with Gasteiger partial charge in [-0.2, -0.15) is 0 Å². The maximum atomic E-state index is 9.55. The van der Waals surface area contributed by atoms with Crippen LogP contribution in [0.3, 0.4) is 0 Å². The van der Waals surface area contributed by atoms with E-state index in [1.807, 2.05) is 0 Å². The third-order valence-corrected chi connectivity index (χ3v) is 6.74. The molecule has 4 rings (SSSR count). The molecule has 0 amide bonds. The Morgan fingerprint density at radius 3 is 1.62 bits per heavy atom. The molecular formula is C27H33BrN2O4. The van der Waals surface area contributed by atoms with E-state index in [0.29, 0.717) is 23.0 Å². The van der Waals surface area contributed by atoms with Gasteiger partial charge in [0.2, 0.25) is 0 Å². The van der Waals surface area contributed by atoms with Crippen LogP contribution in [0.1, 0.15) is 31.4 Å². The van der Waals surface area contributed by atoms with Gasteiger partial charge in [-0.05, 0) is 40.5 Å². The Kier molecular flexibility index (Phi) is 8.68. The number of aliphatic carboxylic acids is 2. The summed E-state index contributed by atoms with van der Waals surface area (Å²) in [5.74, 6) is -2.51. The minimum absolute atomic E-state index is 0.384. The molecule has 0 spiro atoms. The van der Waals surface area contributed by atoms with Crippen LogP contribution in [-0.4, -0.2) is 58.1 Å². The van der Waals surface area contributed by atoms with Crippen molar-refractivity contribution in [3.8, 4) is 0 Å². The maximum Gasteiger partial charge on any atom is 0.328 e. The molecule has 2 aliphatic rings. The Balaban J connectivity index is 0.000000350. The highest BCUT2D eigenvalue weighted by molar-refractivity contribution is 9.10. The number of benzene rings is 2. The molecule has 2 bridgehead atoms. The smallest absolute Gasteiger partial charge is 0.328 e. The molecule has 2 N–H and O–H groups in total. The number of piperidine rings is 2. The molecule has 0 aromatic heterocycles. The van der Waals surface area contributed by atoms with Crippen LogP contribution in [0.5, 0.6) is 0 Å². The first-order valence-electron chi connectivity index (χ1n) is 11.4. The number of rotatable bonds is 6. The van der Waals surface area contributed by atoms with E-state index in [0.717, 1.165) is 17.6 Å². The first-order valence-corrected chi connectivity index (χ1v) is 12.2. The van der Waals surface area contributed by atoms with Crippen LogP contribution < -0.4 is 0 Å². The van der Waals surface area contributed by atoms with Crippen molar-refractivity contribution in [3.63, 3.8) is 0 Å². The molecule has 182 valence electrons. The van der Waals surface area contributed by atoms with E-state index < -0.39 is 11.9 Å². The van der Waals surface area contributed by atoms with Crippen LogP contribution in [0.25, 0.3) is 0 Å². The predicted molar refractivity (Wildman–Crippen MR) is 136 cm³/mol. The Morgan fingerprint density at radius 1 is 0.794 bits per heavy atom. The van der Waals surface area contributed by atoms with E-state index in [1.54, 1.807) is 0 Å². The van der Waals surface area contributed by atoms with E-state index in [9.17, 15) is 9.59 Å². The van der Waals surface area contributed by atoms with Crippen molar-refractivity contribution in [1.29, 1.82) is 0 Å². The van der Waals surface area contributed by atoms with Crippen LogP contribution >= 0.6 is 15.9 Å². The van der Waals surface area contributed by atoms with Gasteiger partial charge in [0, 0.05) is 55.9 Å². The molecule has 2 atom stereocenters. The summed E-state index contributed by atoms with van der Waals surface area (Å²) in [6, 6.07) is 19.8. The number of carboxylic acid groups (broad SMARTS) is 2. The molecule has 2 fully saturated rings. The maximum absolute atomic E-state index is 9.55. The molecule has 2 aliphatic heterocycles. The third-order valence-electron chi connectivity index (χ3n) is 6.21. The summed E-state index contributed by atoms with van der Waals surface area (Å²) in [7, 11) is 0. The van der Waals surface area contributed by atoms with Gasteiger partial charge in [-0.15, -0.1) is 0 Å². The van der Waals surface area contributed by atoms with Crippen molar-refractivity contribution >= 4 is 27.9 Å². The van der Waals surface area contributed by atoms with E-state index in [2.05, 4.69) is 94.2 Å². The van der Waals surface area contributed by atoms with Crippen molar-refractivity contribution < 1.29 is 19.8 Å². The lowest BCUT2D eigenvalue weighted by Gasteiger charge is -2.57. The highest BCUT2D eigenvalue weighted by atomic mass is 79.9. The van der Waals surface area contributed by atoms with Gasteiger partial charge >= 0.3 is 11.9 Å². The number of nitrogens with zero attached hydrogens (tertiary/aromatic N) is 2. The van der Waals surface area contributed by atoms with Crippen molar-refractivity contribution in [1.82, 2.24) is 9.80 Å². The number of hydrogen-bond acceptors (Lipinski definition) is 4. The molecular weight excluding hydrogens is 496 g/mol. The van der Waals surface area contributed by atoms with Crippen LogP contribution in [-0.2, 0) is 22.7 Å². The first-order chi connectivity index (χ1) is 16.0. The van der Waals surface area contributed by atoms with E-state index in [-0.39, 0.29) is 0 Å². The second-order valence-corrected chi connectivity index (χ2v) is 11.1. The minimum atomic E-state index is -1.26. The molecule has 2 aromatic rings. The highest BCUT2D eigenvalue weighted by Crippen LogP contribution is 2.46. The van der Waals surface area contributed by atoms with Gasteiger partial charge in [0.15, 0.2) is 0 Å². The summed E-state index contributed by atoms with van der Waals surface area (Å²) < 4.78 is 1.16. The van der Waals surface area contributed by atoms with E-state index in [1.165, 1.54) is 43.7 Å². The van der Waals surface area contributed by atoms with Gasteiger partial charge in [-0.1, -0.05) is 72.2 Å². The number of likely N-dealkylation sites (tertiary alicyclic amines) is 2. The largest absolute Gasteiger partial charge is 0.478 e. The molecule has 2 unspecified atom stereocenters. The van der Waals surface area contributed by atoms with Gasteiger partial charge < -0.3 is 10.2 Å². The molecule has 2 saturated heterocycles. The fourth-order valence-corrected chi connectivity index (χ4v) is 5.95. The summed E-state index contributed by atoms with van der Waals surface area (Å²) >= 11 is 3.54. The monoisotopic (exact) mass is 528 g/mol. The second kappa shape index (κ2) is 11.3. The Labute approximate surface area is 210 Å². The fourth-order valence-electron chi connectivity index (χ4n) is 5.68. The zero-order chi connectivity index (χ0) is 24.8. The lowest BCUT2D eigenvalue weighted by molar-refractivity contribution is -0.134. The average molecular weight is 529 g/mol. The van der Waals surface area contributed by atoms with Crippen molar-refractivity contribution in [3.05, 3.63) is 82.3 Å². The van der Waals surface area contributed by atoms with E-state index >= 15 is 0 Å². The van der Waals surface area contributed by atoms with Crippen molar-refractivity contribution in [2.45, 2.75) is 33.4 Å². The van der Waals surface area contributed by atoms with E-state index in [4.69, 9.17) is 10.2 Å². The van der Waals surface area contributed by atoms with Crippen LogP contribution in [0.4, 0.5) is 0 Å². The number of hydrogen-bond donors (Lipinski definition) is 2. The lowest BCUT2D eigenvalue weighted by atomic mass is 9.65. The van der Waals surface area contributed by atoms with Crippen LogP contribution in [0.2, 0.25) is 0 Å². The van der Waals surface area contributed by atoms with Gasteiger partial charge in [-0.3, -0.25) is 9.80 Å². The standard InChI is InChI=1S/C23H29BrN2.C4H4O4/c1-22-14-23(2,16-25(15-22)12-19-6-4-3-5-7-19)18-26(17-22)13-20-8-10-21(24)11-9-20;5-3(6)1-2-4(7)8/h3-11H,12-18H2,1-2H3;1-2H,(H,5,6)(H,7,8)/b;2-1+. The molecule has 34 heavy (non-hydrogen) atoms. The SMILES string of the molecule is CC12CN(Cc3ccccc3)CC(C)(CN(Cc3ccc(Br)cc3)C1)C2.O=C(O)/C=C/C(=O)O. The summed E-state index contributed by atoms with van der Waals surface area (Å²) in [6.07, 6.45) is 2.47. The number of halogens is 1. The van der Waals surface area contributed by atoms with Crippen molar-refractivity contribution in [2.75, 3.05) is 26.2 Å². The van der Waals surface area contributed by atoms with Gasteiger partial charge in [0.25, 0.3) is 0 Å². The molecule has 6 nitrogen and oxygen atoms in total. The number of carboxylic acids is 2. The molecule has 2 heterocycles. The fraction of sp³-hybridized carbons (Fsp3) is 0.407.